The Bertz CT molecular complexity index is 1120. The Labute approximate surface area is 172 Å². The number of methoxy groups -OCH3 is 2. The van der Waals surface area contributed by atoms with Crippen LogP contribution in [0.3, 0.4) is 0 Å². The maximum absolute atomic E-state index is 11.8. The molecule has 0 aliphatic rings. The van der Waals surface area contributed by atoms with Gasteiger partial charge in [0.1, 0.15) is 16.3 Å². The molecule has 1 heterocycles. The Morgan fingerprint density at radius 2 is 2.11 bits per heavy atom. The quantitative estimate of drug-likeness (QED) is 0.373. The number of rotatable bonds is 4. The normalized spacial score (nSPS) is 11.3. The van der Waals surface area contributed by atoms with Crippen molar-refractivity contribution in [2.75, 3.05) is 14.2 Å². The van der Waals surface area contributed by atoms with Gasteiger partial charge >= 0.3 is 5.97 Å². The minimum absolute atomic E-state index is 0.373. The third-order valence-corrected chi connectivity index (χ3v) is 5.48. The number of ether oxygens (including phenoxy) is 2. The number of carbonyl (C=O) groups excluding carboxylic acids is 1. The first-order valence-electron chi connectivity index (χ1n) is 7.61. The monoisotopic (exact) mass is 462 g/mol. The molecule has 0 radical (unpaired) electrons. The van der Waals surface area contributed by atoms with Crippen LogP contribution in [0.15, 0.2) is 34.8 Å². The summed E-state index contributed by atoms with van der Waals surface area (Å²) in [5.74, 6) is 0.00373. The van der Waals surface area contributed by atoms with E-state index in [0.717, 1.165) is 9.17 Å². The van der Waals surface area contributed by atoms with Gasteiger partial charge < -0.3 is 9.47 Å². The molecule has 0 amide bonds. The van der Waals surface area contributed by atoms with E-state index in [4.69, 9.17) is 21.1 Å². The predicted molar refractivity (Wildman–Crippen MR) is 110 cm³/mol. The van der Waals surface area contributed by atoms with Crippen LogP contribution in [-0.2, 0) is 4.74 Å². The Kier molecular flexibility index (Phi) is 5.80. The number of benzene rings is 2. The number of hydrogen-bond acceptors (Lipinski definition) is 6. The molecule has 2 aromatic carbocycles. The van der Waals surface area contributed by atoms with E-state index in [-0.39, 0.29) is 0 Å². The van der Waals surface area contributed by atoms with Crippen LogP contribution < -0.4 is 4.74 Å². The highest BCUT2D eigenvalue weighted by Crippen LogP contribution is 2.34. The molecule has 0 saturated heterocycles. The zero-order valence-corrected chi connectivity index (χ0v) is 17.4. The van der Waals surface area contributed by atoms with E-state index in [0.29, 0.717) is 38.0 Å². The predicted octanol–water partition coefficient (Wildman–Crippen LogP) is 5.57. The lowest BCUT2D eigenvalue weighted by Gasteiger charge is -2.04. The number of hydrogen-bond donors (Lipinski definition) is 0. The smallest absolute Gasteiger partial charge is 0.338 e. The van der Waals surface area contributed by atoms with E-state index in [1.54, 1.807) is 30.3 Å². The van der Waals surface area contributed by atoms with Crippen molar-refractivity contribution >= 4 is 66.7 Å². The number of thiazole rings is 1. The van der Waals surface area contributed by atoms with E-state index in [9.17, 15) is 10.1 Å². The summed E-state index contributed by atoms with van der Waals surface area (Å²) >= 11 is 10.9. The summed E-state index contributed by atoms with van der Waals surface area (Å²) in [5, 5.41) is 10.6. The van der Waals surface area contributed by atoms with Crippen LogP contribution in [0.4, 0.5) is 0 Å². The van der Waals surface area contributed by atoms with E-state index in [1.165, 1.54) is 25.6 Å². The van der Waals surface area contributed by atoms with Crippen LogP contribution in [0, 0.1) is 11.3 Å². The molecule has 27 heavy (non-hydrogen) atoms. The summed E-state index contributed by atoms with van der Waals surface area (Å²) in [6.07, 6.45) is 1.66. The van der Waals surface area contributed by atoms with Crippen molar-refractivity contribution in [3.8, 4) is 11.8 Å². The van der Waals surface area contributed by atoms with Crippen molar-refractivity contribution in [2.24, 2.45) is 0 Å². The van der Waals surface area contributed by atoms with Gasteiger partial charge in [0.15, 0.2) is 0 Å². The third-order valence-electron chi connectivity index (χ3n) is 3.73. The van der Waals surface area contributed by atoms with Gasteiger partial charge in [0.2, 0.25) is 0 Å². The number of carbonyl (C=O) groups is 1. The molecule has 0 aliphatic heterocycles. The van der Waals surface area contributed by atoms with Crippen LogP contribution in [-0.4, -0.2) is 25.2 Å². The van der Waals surface area contributed by atoms with E-state index in [2.05, 4.69) is 27.0 Å². The average molecular weight is 464 g/mol. The molecular weight excluding hydrogens is 452 g/mol. The first-order chi connectivity index (χ1) is 13.0. The van der Waals surface area contributed by atoms with Gasteiger partial charge in [0.25, 0.3) is 0 Å². The number of esters is 1. The molecule has 0 unspecified atom stereocenters. The number of aromatic nitrogens is 1. The zero-order chi connectivity index (χ0) is 19.6. The zero-order valence-electron chi connectivity index (χ0n) is 14.2. The van der Waals surface area contributed by atoms with E-state index < -0.39 is 5.97 Å². The molecule has 0 fully saturated rings. The fourth-order valence-electron chi connectivity index (χ4n) is 2.47. The van der Waals surface area contributed by atoms with Crippen molar-refractivity contribution < 1.29 is 14.3 Å². The van der Waals surface area contributed by atoms with Crippen molar-refractivity contribution in [2.45, 2.75) is 0 Å². The molecule has 0 bridgehead atoms. The lowest BCUT2D eigenvalue weighted by molar-refractivity contribution is 0.0600. The van der Waals surface area contributed by atoms with Gasteiger partial charge in [-0.05, 0) is 30.3 Å². The van der Waals surface area contributed by atoms with Crippen molar-refractivity contribution in [1.29, 1.82) is 5.26 Å². The molecule has 0 aliphatic carbocycles. The Balaban J connectivity index is 2.12. The van der Waals surface area contributed by atoms with Gasteiger partial charge in [-0.2, -0.15) is 5.26 Å². The summed E-state index contributed by atoms with van der Waals surface area (Å²) < 4.78 is 11.7. The molecule has 1 aromatic heterocycles. The van der Waals surface area contributed by atoms with Crippen LogP contribution >= 0.6 is 38.9 Å². The van der Waals surface area contributed by atoms with Gasteiger partial charge in [0, 0.05) is 10.0 Å². The highest BCUT2D eigenvalue weighted by Gasteiger charge is 2.15. The van der Waals surface area contributed by atoms with E-state index in [1.807, 2.05) is 6.07 Å². The molecule has 5 nitrogen and oxygen atoms in total. The molecule has 0 N–H and O–H groups in total. The van der Waals surface area contributed by atoms with Crippen LogP contribution in [0.2, 0.25) is 5.02 Å². The second-order valence-electron chi connectivity index (χ2n) is 5.36. The molecular formula is C19H12BrClN2O3S. The average Bonchev–Trinajstić information content (AvgIpc) is 3.07. The second kappa shape index (κ2) is 8.09. The van der Waals surface area contributed by atoms with Gasteiger partial charge in [-0.1, -0.05) is 33.6 Å². The van der Waals surface area contributed by atoms with Crippen LogP contribution in [0.25, 0.3) is 21.9 Å². The topological polar surface area (TPSA) is 72.2 Å². The lowest BCUT2D eigenvalue weighted by Crippen LogP contribution is -2.01. The largest absolute Gasteiger partial charge is 0.494 e. The highest BCUT2D eigenvalue weighted by atomic mass is 79.9. The minimum Gasteiger partial charge on any atom is -0.494 e. The summed E-state index contributed by atoms with van der Waals surface area (Å²) in [4.78, 5) is 16.4. The molecule has 3 rings (SSSR count). The van der Waals surface area contributed by atoms with Gasteiger partial charge in [-0.3, -0.25) is 0 Å². The molecule has 136 valence electrons. The summed E-state index contributed by atoms with van der Waals surface area (Å²) in [6.45, 7) is 0. The second-order valence-corrected chi connectivity index (χ2v) is 7.75. The first-order valence-corrected chi connectivity index (χ1v) is 9.59. The van der Waals surface area contributed by atoms with Gasteiger partial charge in [0.05, 0.1) is 41.1 Å². The fraction of sp³-hybridized carbons (Fsp3) is 0.105. The summed E-state index contributed by atoms with van der Waals surface area (Å²) in [6, 6.07) is 10.7. The van der Waals surface area contributed by atoms with Crippen LogP contribution in [0.1, 0.15) is 20.9 Å². The highest BCUT2D eigenvalue weighted by molar-refractivity contribution is 9.10. The Morgan fingerprint density at radius 1 is 1.33 bits per heavy atom. The molecule has 3 aromatic rings. The molecule has 0 spiro atoms. The molecule has 0 saturated carbocycles. The maximum atomic E-state index is 11.8. The number of fused-ring (bicyclic) bond motifs is 1. The van der Waals surface area contributed by atoms with Crippen molar-refractivity contribution in [3.63, 3.8) is 0 Å². The minimum atomic E-state index is -0.458. The number of allylic oxidation sites excluding steroid dienone is 1. The SMILES string of the molecule is COC(=O)c1cc(OC)c2nc(/C=C(\C#N)c3ccc(Br)cc3Cl)sc2c1. The Hall–Kier alpha value is -2.40. The number of nitriles is 1. The van der Waals surface area contributed by atoms with Gasteiger partial charge in [-0.25, -0.2) is 9.78 Å². The van der Waals surface area contributed by atoms with Crippen molar-refractivity contribution in [1.82, 2.24) is 4.98 Å². The number of halogens is 2. The number of nitrogens with zero attached hydrogens (tertiary/aromatic N) is 2. The Morgan fingerprint density at radius 3 is 2.74 bits per heavy atom. The molecule has 8 heteroatoms. The third kappa shape index (κ3) is 3.98. The summed E-state index contributed by atoms with van der Waals surface area (Å²) in [7, 11) is 2.83. The summed E-state index contributed by atoms with van der Waals surface area (Å²) in [5.41, 5.74) is 1.99. The lowest BCUT2D eigenvalue weighted by atomic mass is 10.1. The van der Waals surface area contributed by atoms with Crippen LogP contribution in [0.5, 0.6) is 5.75 Å². The fourth-order valence-corrected chi connectivity index (χ4v) is 4.21. The van der Waals surface area contributed by atoms with E-state index >= 15 is 0 Å². The standard InChI is InChI=1S/C19H12BrClN2O3S/c1-25-15-5-10(19(24)26-2)6-16-18(15)23-17(27-16)7-11(9-22)13-4-3-12(20)8-14(13)21/h3-8H,1-2H3/b11-7+. The maximum Gasteiger partial charge on any atom is 0.338 e. The van der Waals surface area contributed by atoms with Gasteiger partial charge in [-0.15, -0.1) is 11.3 Å². The molecule has 0 atom stereocenters. The van der Waals surface area contributed by atoms with Crippen molar-refractivity contribution in [3.05, 3.63) is 56.0 Å². The first kappa shape index (κ1) is 19.4.